The topological polar surface area (TPSA) is 12.0 Å². The molecular weight excluding hydrogens is 146 g/mol. The van der Waals surface area contributed by atoms with E-state index >= 15 is 0 Å². The molecule has 70 valence electrons. The molecule has 2 aliphatic rings. The maximum absolute atomic E-state index is 3.57. The predicted octanol–water partition coefficient (Wildman–Crippen LogP) is 2.42. The Kier molecular flexibility index (Phi) is 2.16. The fourth-order valence-electron chi connectivity index (χ4n) is 2.97. The van der Waals surface area contributed by atoms with Crippen molar-refractivity contribution < 1.29 is 0 Å². The first-order valence-electron chi connectivity index (χ1n) is 5.44. The van der Waals surface area contributed by atoms with Crippen molar-refractivity contribution in [3.8, 4) is 0 Å². The maximum Gasteiger partial charge on any atom is 0.00111 e. The summed E-state index contributed by atoms with van der Waals surface area (Å²) in [6.07, 6.45) is 5.91. The van der Waals surface area contributed by atoms with Crippen molar-refractivity contribution in [2.75, 3.05) is 13.1 Å². The second kappa shape index (κ2) is 3.02. The Morgan fingerprint density at radius 2 is 2.17 bits per heavy atom. The summed E-state index contributed by atoms with van der Waals surface area (Å²) in [5.74, 6) is 1.87. The predicted molar refractivity (Wildman–Crippen MR) is 52.1 cm³/mol. The van der Waals surface area contributed by atoms with Crippen molar-refractivity contribution in [1.82, 2.24) is 5.32 Å². The van der Waals surface area contributed by atoms with Crippen LogP contribution in [0.1, 0.15) is 39.5 Å². The summed E-state index contributed by atoms with van der Waals surface area (Å²) in [6, 6.07) is 0. The molecule has 1 atom stereocenters. The van der Waals surface area contributed by atoms with Crippen LogP contribution in [-0.2, 0) is 0 Å². The third kappa shape index (κ3) is 1.28. The Labute approximate surface area is 75.9 Å². The van der Waals surface area contributed by atoms with Gasteiger partial charge in [-0.1, -0.05) is 20.3 Å². The van der Waals surface area contributed by atoms with Crippen LogP contribution in [0.3, 0.4) is 0 Å². The summed E-state index contributed by atoms with van der Waals surface area (Å²) in [6.45, 7) is 7.30. The fraction of sp³-hybridized carbons (Fsp3) is 1.00. The van der Waals surface area contributed by atoms with Crippen LogP contribution in [0.4, 0.5) is 0 Å². The lowest BCUT2D eigenvalue weighted by Crippen LogP contribution is -2.37. The molecule has 12 heavy (non-hydrogen) atoms. The monoisotopic (exact) mass is 167 g/mol. The van der Waals surface area contributed by atoms with E-state index in [0.29, 0.717) is 0 Å². The summed E-state index contributed by atoms with van der Waals surface area (Å²) >= 11 is 0. The minimum atomic E-state index is 0.754. The van der Waals surface area contributed by atoms with Crippen molar-refractivity contribution in [1.29, 1.82) is 0 Å². The van der Waals surface area contributed by atoms with Gasteiger partial charge in [-0.05, 0) is 43.1 Å². The highest BCUT2D eigenvalue weighted by molar-refractivity contribution is 5.00. The Bertz CT molecular complexity index is 158. The highest BCUT2D eigenvalue weighted by Crippen LogP contribution is 2.50. The molecule has 1 N–H and O–H groups in total. The molecule has 1 saturated carbocycles. The molecule has 0 aromatic heterocycles. The number of rotatable bonds is 2. The molecule has 2 fully saturated rings. The van der Waals surface area contributed by atoms with Crippen molar-refractivity contribution in [2.24, 2.45) is 17.3 Å². The molecule has 1 saturated heterocycles. The SMILES string of the molecule is CC(C)CC1CNCC12CCC2. The number of hydrogen-bond donors (Lipinski definition) is 1. The standard InChI is InChI=1S/C11H21N/c1-9(2)6-10-7-12-8-11(10)4-3-5-11/h9-10,12H,3-8H2,1-2H3. The Morgan fingerprint density at radius 3 is 2.67 bits per heavy atom. The number of hydrogen-bond acceptors (Lipinski definition) is 1. The summed E-state index contributed by atoms with van der Waals surface area (Å²) in [5.41, 5.74) is 0.754. The molecule has 1 unspecified atom stereocenters. The Hall–Kier alpha value is -0.0400. The first-order chi connectivity index (χ1) is 5.73. The Balaban J connectivity index is 1.95. The van der Waals surface area contributed by atoms with Crippen LogP contribution in [0.15, 0.2) is 0 Å². The van der Waals surface area contributed by atoms with E-state index in [4.69, 9.17) is 0 Å². The van der Waals surface area contributed by atoms with Gasteiger partial charge in [0, 0.05) is 6.54 Å². The van der Waals surface area contributed by atoms with Crippen molar-refractivity contribution in [3.63, 3.8) is 0 Å². The molecule has 0 aromatic carbocycles. The third-order valence-corrected chi connectivity index (χ3v) is 3.84. The molecule has 2 rings (SSSR count). The van der Waals surface area contributed by atoms with Crippen LogP contribution in [0.25, 0.3) is 0 Å². The largest absolute Gasteiger partial charge is 0.316 e. The molecule has 0 bridgehead atoms. The van der Waals surface area contributed by atoms with Gasteiger partial charge in [0.1, 0.15) is 0 Å². The van der Waals surface area contributed by atoms with E-state index < -0.39 is 0 Å². The fourth-order valence-corrected chi connectivity index (χ4v) is 2.97. The second-order valence-corrected chi connectivity index (χ2v) is 5.17. The van der Waals surface area contributed by atoms with Crippen molar-refractivity contribution >= 4 is 0 Å². The highest BCUT2D eigenvalue weighted by Gasteiger charge is 2.46. The van der Waals surface area contributed by atoms with E-state index in [0.717, 1.165) is 17.3 Å². The van der Waals surface area contributed by atoms with Crippen LogP contribution in [0.2, 0.25) is 0 Å². The average molecular weight is 167 g/mol. The van der Waals surface area contributed by atoms with Crippen LogP contribution in [0.5, 0.6) is 0 Å². The lowest BCUT2D eigenvalue weighted by atomic mass is 9.61. The molecule has 1 nitrogen and oxygen atoms in total. The first kappa shape index (κ1) is 8.55. The Morgan fingerprint density at radius 1 is 1.42 bits per heavy atom. The van der Waals surface area contributed by atoms with Gasteiger partial charge in [-0.25, -0.2) is 0 Å². The minimum absolute atomic E-state index is 0.754. The molecular formula is C11H21N. The smallest absolute Gasteiger partial charge is 0.00111 e. The zero-order valence-electron chi connectivity index (χ0n) is 8.40. The van der Waals surface area contributed by atoms with Gasteiger partial charge in [-0.3, -0.25) is 0 Å². The third-order valence-electron chi connectivity index (χ3n) is 3.84. The van der Waals surface area contributed by atoms with E-state index in [1.807, 2.05) is 0 Å². The van der Waals surface area contributed by atoms with Gasteiger partial charge < -0.3 is 5.32 Å². The normalized spacial score (nSPS) is 32.8. The van der Waals surface area contributed by atoms with E-state index in [1.54, 1.807) is 0 Å². The van der Waals surface area contributed by atoms with E-state index in [1.165, 1.54) is 38.8 Å². The molecule has 0 aromatic rings. The molecule has 1 heterocycles. The van der Waals surface area contributed by atoms with E-state index in [9.17, 15) is 0 Å². The number of nitrogens with one attached hydrogen (secondary N) is 1. The molecule has 0 amide bonds. The van der Waals surface area contributed by atoms with E-state index in [-0.39, 0.29) is 0 Å². The van der Waals surface area contributed by atoms with Crippen molar-refractivity contribution in [2.45, 2.75) is 39.5 Å². The van der Waals surface area contributed by atoms with Gasteiger partial charge in [-0.15, -0.1) is 0 Å². The van der Waals surface area contributed by atoms with Crippen LogP contribution >= 0.6 is 0 Å². The van der Waals surface area contributed by atoms with Gasteiger partial charge in [-0.2, -0.15) is 0 Å². The zero-order chi connectivity index (χ0) is 8.60. The lowest BCUT2D eigenvalue weighted by Gasteiger charge is -2.43. The summed E-state index contributed by atoms with van der Waals surface area (Å²) in [7, 11) is 0. The molecule has 1 heteroatoms. The van der Waals surface area contributed by atoms with Gasteiger partial charge in [0.25, 0.3) is 0 Å². The van der Waals surface area contributed by atoms with Crippen LogP contribution < -0.4 is 5.32 Å². The van der Waals surface area contributed by atoms with Gasteiger partial charge in [0.2, 0.25) is 0 Å². The quantitative estimate of drug-likeness (QED) is 0.666. The second-order valence-electron chi connectivity index (χ2n) is 5.17. The molecule has 1 spiro atoms. The van der Waals surface area contributed by atoms with Gasteiger partial charge in [0.15, 0.2) is 0 Å². The molecule has 0 radical (unpaired) electrons. The van der Waals surface area contributed by atoms with Crippen molar-refractivity contribution in [3.05, 3.63) is 0 Å². The average Bonchev–Trinajstić information content (AvgIpc) is 2.28. The zero-order valence-corrected chi connectivity index (χ0v) is 8.40. The van der Waals surface area contributed by atoms with Gasteiger partial charge >= 0.3 is 0 Å². The molecule has 1 aliphatic heterocycles. The summed E-state index contributed by atoms with van der Waals surface area (Å²) in [5, 5.41) is 3.57. The first-order valence-corrected chi connectivity index (χ1v) is 5.44. The highest BCUT2D eigenvalue weighted by atomic mass is 14.9. The summed E-state index contributed by atoms with van der Waals surface area (Å²) in [4.78, 5) is 0. The van der Waals surface area contributed by atoms with Crippen LogP contribution in [-0.4, -0.2) is 13.1 Å². The minimum Gasteiger partial charge on any atom is -0.316 e. The van der Waals surface area contributed by atoms with Crippen LogP contribution in [0, 0.1) is 17.3 Å². The lowest BCUT2D eigenvalue weighted by molar-refractivity contribution is 0.0847. The maximum atomic E-state index is 3.57. The van der Waals surface area contributed by atoms with E-state index in [2.05, 4.69) is 19.2 Å². The van der Waals surface area contributed by atoms with Gasteiger partial charge in [0.05, 0.1) is 0 Å². The summed E-state index contributed by atoms with van der Waals surface area (Å²) < 4.78 is 0. The molecule has 1 aliphatic carbocycles.